The molecule has 18 heteroatoms. The van der Waals surface area contributed by atoms with Gasteiger partial charge in [0.2, 0.25) is 0 Å². The molecule has 0 atom stereocenters. The first-order valence-corrected chi connectivity index (χ1v) is 31.2. The molecule has 0 N–H and O–H groups in total. The van der Waals surface area contributed by atoms with Crippen molar-refractivity contribution in [1.29, 1.82) is 0 Å². The number of aryl methyl sites for hydroxylation is 10. The summed E-state index contributed by atoms with van der Waals surface area (Å²) in [4.78, 5) is 42.3. The SMILES string of the molecule is CC.CC.CC.CC.CC.CC.CC.CC.CC.CC.Cc1ccccn1.Cc1cccnc1.Cc1cccnn1.Cc1ccncc1.Cc1ccncn1.Cc1ccnnc1.Cc1cnccn1.Cc1cncnc1.Cc1ncccn1.Cn1ccnn1. The average Bonchev–Trinajstić information content (AvgIpc) is 4.11. The van der Waals surface area contributed by atoms with E-state index in [2.05, 4.69) is 85.5 Å². The highest BCUT2D eigenvalue weighted by Crippen LogP contribution is 1.91. The summed E-state index contributed by atoms with van der Waals surface area (Å²) < 4.78 is 1.64. The molecule has 0 amide bonds. The van der Waals surface area contributed by atoms with Crippen LogP contribution >= 0.6 is 0 Å². The Morgan fingerprint density at radius 3 is 0.955 bits per heavy atom. The molecule has 10 aromatic rings. The molecule has 10 aromatic heterocycles. The summed E-state index contributed by atoms with van der Waals surface area (Å²) in [6.07, 6.45) is 34.3. The highest BCUT2D eigenvalue weighted by atomic mass is 15.4. The van der Waals surface area contributed by atoms with Gasteiger partial charge >= 0.3 is 0 Å². The maximum atomic E-state index is 3.98. The van der Waals surface area contributed by atoms with E-state index >= 15 is 0 Å². The molecule has 0 aliphatic rings. The lowest BCUT2D eigenvalue weighted by molar-refractivity contribution is 0.715. The summed E-state index contributed by atoms with van der Waals surface area (Å²) in [6, 6.07) is 23.1. The quantitative estimate of drug-likeness (QED) is 0.138. The second-order valence-corrected chi connectivity index (χ2v) is 13.8. The number of hydrogen-bond acceptors (Lipinski definition) is 17. The number of aromatic nitrogens is 18. The lowest BCUT2D eigenvalue weighted by Crippen LogP contribution is -1.85. The first-order valence-electron chi connectivity index (χ1n) is 31.2. The minimum atomic E-state index is 0.822. The predicted molar refractivity (Wildman–Crippen MR) is 382 cm³/mol. The molecule has 0 aliphatic heterocycles. The van der Waals surface area contributed by atoms with Gasteiger partial charge in [-0.25, -0.2) is 29.9 Å². The van der Waals surface area contributed by atoms with Crippen molar-refractivity contribution < 1.29 is 0 Å². The Kier molecular flexibility index (Phi) is 112. The summed E-state index contributed by atoms with van der Waals surface area (Å²) in [5.74, 6) is 0.822. The van der Waals surface area contributed by atoms with E-state index in [1.807, 2.05) is 281 Å². The number of rotatable bonds is 0. The first kappa shape index (κ1) is 102. The molecule has 10 rings (SSSR count). The van der Waals surface area contributed by atoms with Gasteiger partial charge in [0.1, 0.15) is 18.5 Å². The van der Waals surface area contributed by atoms with Gasteiger partial charge in [0.15, 0.2) is 0 Å². The van der Waals surface area contributed by atoms with Crippen LogP contribution in [0.4, 0.5) is 0 Å². The van der Waals surface area contributed by atoms with E-state index in [-0.39, 0.29) is 0 Å². The Morgan fingerprint density at radius 1 is 0.258 bits per heavy atom. The van der Waals surface area contributed by atoms with Gasteiger partial charge in [0.25, 0.3) is 0 Å². The lowest BCUT2D eigenvalue weighted by atomic mass is 10.3. The van der Waals surface area contributed by atoms with Gasteiger partial charge in [0, 0.05) is 118 Å². The van der Waals surface area contributed by atoms with Crippen LogP contribution in [0.5, 0.6) is 0 Å². The Morgan fingerprint density at radius 2 is 0.742 bits per heavy atom. The van der Waals surface area contributed by atoms with Gasteiger partial charge in [-0.05, 0) is 145 Å². The van der Waals surface area contributed by atoms with Crippen LogP contribution in [0, 0.1) is 62.3 Å². The highest BCUT2D eigenvalue weighted by Gasteiger charge is 1.80. The second kappa shape index (κ2) is 98.2. The van der Waals surface area contributed by atoms with Crippen LogP contribution in [-0.2, 0) is 7.05 Å². The summed E-state index contributed by atoms with van der Waals surface area (Å²) in [5, 5.41) is 21.7. The maximum absolute atomic E-state index is 3.98. The third-order valence-electron chi connectivity index (χ3n) is 7.26. The molecule has 10 heterocycles. The van der Waals surface area contributed by atoms with Gasteiger partial charge in [0.05, 0.1) is 23.8 Å². The number of hydrogen-bond donors (Lipinski definition) is 0. The molecule has 0 saturated heterocycles. The second-order valence-electron chi connectivity index (χ2n) is 13.8. The molecular formula is C71H122N18. The van der Waals surface area contributed by atoms with E-state index in [1.165, 1.54) is 23.8 Å². The monoisotopic (exact) mass is 1230 g/mol. The van der Waals surface area contributed by atoms with E-state index in [0.717, 1.165) is 39.7 Å². The van der Waals surface area contributed by atoms with Gasteiger partial charge in [-0.1, -0.05) is 156 Å². The van der Waals surface area contributed by atoms with Gasteiger partial charge in [-0.3, -0.25) is 29.6 Å². The van der Waals surface area contributed by atoms with E-state index in [1.54, 1.807) is 116 Å². The van der Waals surface area contributed by atoms with Gasteiger partial charge < -0.3 is 0 Å². The Hall–Kier alpha value is -8.93. The molecule has 0 bridgehead atoms. The van der Waals surface area contributed by atoms with Gasteiger partial charge in [-0.15, -0.1) is 5.10 Å². The van der Waals surface area contributed by atoms with Crippen molar-refractivity contribution in [2.45, 2.75) is 201 Å². The van der Waals surface area contributed by atoms with Crippen molar-refractivity contribution >= 4 is 0 Å². The largest absolute Gasteiger partial charge is 0.265 e. The van der Waals surface area contributed by atoms with Crippen LogP contribution < -0.4 is 0 Å². The Balaban J connectivity index is -0.0000000944. The van der Waals surface area contributed by atoms with E-state index in [4.69, 9.17) is 0 Å². The smallest absolute Gasteiger partial charge is 0.125 e. The molecule has 0 saturated carbocycles. The van der Waals surface area contributed by atoms with Crippen molar-refractivity contribution in [2.75, 3.05) is 0 Å². The van der Waals surface area contributed by atoms with Crippen LogP contribution in [0.15, 0.2) is 197 Å². The summed E-state index contributed by atoms with van der Waals surface area (Å²) >= 11 is 0. The molecule has 0 aromatic carbocycles. The third-order valence-corrected chi connectivity index (χ3v) is 7.26. The molecule has 0 fully saturated rings. The van der Waals surface area contributed by atoms with E-state index < -0.39 is 0 Å². The summed E-state index contributed by atoms with van der Waals surface area (Å²) in [6.45, 7) is 57.6. The minimum absolute atomic E-state index is 0.822. The molecule has 0 radical (unpaired) electrons. The zero-order valence-electron chi connectivity index (χ0n) is 61.0. The lowest BCUT2D eigenvalue weighted by Gasteiger charge is -1.82. The van der Waals surface area contributed by atoms with E-state index in [0.29, 0.717) is 0 Å². The zero-order chi connectivity index (χ0) is 70.4. The standard InChI is InChI=1S/3C6H7N.6C5H6N2.C3H5N3.10C2H6/c1-6-2-4-7-5-3-6;1-6-3-2-4-7-5-6;1-6-4-2-3-5-7-6;1-5-2-6-4-7-3-5;1-5-4-6-2-3-7-5;1-5-2-3-6-4-7-5;1-5-2-3-6-7-4-5;1-5-6-3-2-4-7-5;1-5-3-2-4-6-7-5;1-6-3-2-4-5-6;10*1-2/h3*2-5H,1H3;6*2-4H,1H3;2-3H,1H3;10*1-2H3. The van der Waals surface area contributed by atoms with Crippen LogP contribution in [0.25, 0.3) is 0 Å². The predicted octanol–water partition coefficient (Wildman–Crippen LogP) is 19.0. The summed E-state index contributed by atoms with van der Waals surface area (Å²) in [7, 11) is 1.83. The van der Waals surface area contributed by atoms with Crippen molar-refractivity contribution in [1.82, 2.24) is 90.2 Å². The van der Waals surface area contributed by atoms with Crippen LogP contribution in [0.1, 0.15) is 189 Å². The molecule has 89 heavy (non-hydrogen) atoms. The van der Waals surface area contributed by atoms with Crippen LogP contribution in [-0.4, -0.2) is 90.2 Å². The zero-order valence-corrected chi connectivity index (χ0v) is 61.0. The molecule has 0 unspecified atom stereocenters. The number of nitrogens with zero attached hydrogens (tertiary/aromatic N) is 18. The van der Waals surface area contributed by atoms with Crippen LogP contribution in [0.2, 0.25) is 0 Å². The molecule has 18 nitrogen and oxygen atoms in total. The third kappa shape index (κ3) is 95.7. The average molecular weight is 1230 g/mol. The summed E-state index contributed by atoms with van der Waals surface area (Å²) in [5.41, 5.74) is 8.72. The number of pyridine rings is 3. The van der Waals surface area contributed by atoms with Crippen LogP contribution in [0.3, 0.4) is 0 Å². The minimum Gasteiger partial charge on any atom is -0.265 e. The van der Waals surface area contributed by atoms with Crippen molar-refractivity contribution in [2.24, 2.45) is 7.05 Å². The Bertz CT molecular complexity index is 2030. The maximum Gasteiger partial charge on any atom is 0.125 e. The Labute approximate surface area is 543 Å². The first-order chi connectivity index (χ1) is 43.4. The van der Waals surface area contributed by atoms with E-state index in [9.17, 15) is 0 Å². The fraction of sp³-hybridized carbons (Fsp3) is 0.423. The van der Waals surface area contributed by atoms with Crippen molar-refractivity contribution in [3.8, 4) is 0 Å². The normalized spacial score (nSPS) is 7.44. The molecule has 0 spiro atoms. The topological polar surface area (TPSA) is 224 Å². The van der Waals surface area contributed by atoms with Gasteiger partial charge in [-0.2, -0.15) is 20.4 Å². The molecule has 496 valence electrons. The fourth-order valence-electron chi connectivity index (χ4n) is 3.80. The highest BCUT2D eigenvalue weighted by molar-refractivity contribution is 5.06. The van der Waals surface area contributed by atoms with Crippen molar-refractivity contribution in [3.05, 3.63) is 248 Å². The fourth-order valence-corrected chi connectivity index (χ4v) is 3.80. The van der Waals surface area contributed by atoms with Crippen molar-refractivity contribution in [3.63, 3.8) is 0 Å². The molecule has 0 aliphatic carbocycles. The molecular weight excluding hydrogens is 1100 g/mol.